The Morgan fingerprint density at radius 3 is 2.48 bits per heavy atom. The van der Waals surface area contributed by atoms with Gasteiger partial charge in [0, 0.05) is 32.2 Å². The number of amides is 1. The molecular formula is C20H26N2O4S. The van der Waals surface area contributed by atoms with Crippen LogP contribution in [0.3, 0.4) is 0 Å². The van der Waals surface area contributed by atoms with E-state index in [2.05, 4.69) is 0 Å². The fraction of sp³-hybridized carbons (Fsp3) is 0.450. The Morgan fingerprint density at radius 1 is 1.19 bits per heavy atom. The van der Waals surface area contributed by atoms with E-state index in [1.807, 2.05) is 37.3 Å². The fourth-order valence-corrected chi connectivity index (χ4v) is 5.05. The van der Waals surface area contributed by atoms with Crippen LogP contribution in [-0.2, 0) is 16.6 Å². The monoisotopic (exact) mass is 390 g/mol. The van der Waals surface area contributed by atoms with Crippen LogP contribution in [0.5, 0.6) is 0 Å². The molecule has 1 aromatic heterocycles. The van der Waals surface area contributed by atoms with Crippen LogP contribution in [0.1, 0.15) is 48.1 Å². The number of carbonyl (C=O) groups excluding carboxylic acids is 1. The van der Waals surface area contributed by atoms with Crippen molar-refractivity contribution in [1.82, 2.24) is 9.21 Å². The molecule has 2 aromatic rings. The standard InChI is InChI=1S/C20H26N2O4S/c1-3-11-21(15-17-9-5-4-6-10-17)20(23)18-14-19(16(2)26-18)27(24,25)22-12-7-8-13-22/h4-6,9-10,14H,3,7-8,11-13,15H2,1-2H3. The van der Waals surface area contributed by atoms with E-state index in [0.29, 0.717) is 26.2 Å². The van der Waals surface area contributed by atoms with E-state index in [1.165, 1.54) is 10.4 Å². The molecule has 3 rings (SSSR count). The minimum Gasteiger partial charge on any atom is -0.455 e. The highest BCUT2D eigenvalue weighted by atomic mass is 32.2. The lowest BCUT2D eigenvalue weighted by Gasteiger charge is -2.21. The van der Waals surface area contributed by atoms with Crippen LogP contribution in [-0.4, -0.2) is 43.2 Å². The predicted molar refractivity (Wildman–Crippen MR) is 103 cm³/mol. The van der Waals surface area contributed by atoms with Crippen LogP contribution >= 0.6 is 0 Å². The van der Waals surface area contributed by atoms with Crippen LogP contribution in [0.15, 0.2) is 45.7 Å². The van der Waals surface area contributed by atoms with Crippen molar-refractivity contribution in [3.63, 3.8) is 0 Å². The normalized spacial score (nSPS) is 15.2. The van der Waals surface area contributed by atoms with Gasteiger partial charge in [0.25, 0.3) is 5.91 Å². The summed E-state index contributed by atoms with van der Waals surface area (Å²) in [5.41, 5.74) is 1.02. The highest BCUT2D eigenvalue weighted by molar-refractivity contribution is 7.89. The molecule has 1 aliphatic heterocycles. The molecule has 0 atom stereocenters. The maximum Gasteiger partial charge on any atom is 0.289 e. The Bertz CT molecular complexity index is 884. The third-order valence-corrected chi connectivity index (χ3v) is 6.77. The molecule has 1 saturated heterocycles. The van der Waals surface area contributed by atoms with Crippen molar-refractivity contribution in [2.24, 2.45) is 0 Å². The van der Waals surface area contributed by atoms with E-state index in [0.717, 1.165) is 24.8 Å². The predicted octanol–water partition coefficient (Wildman–Crippen LogP) is 3.42. The van der Waals surface area contributed by atoms with Crippen LogP contribution in [0.25, 0.3) is 0 Å². The number of carbonyl (C=O) groups is 1. The summed E-state index contributed by atoms with van der Waals surface area (Å²) in [6.45, 7) is 5.67. The summed E-state index contributed by atoms with van der Waals surface area (Å²) in [4.78, 5) is 14.8. The van der Waals surface area contributed by atoms with Gasteiger partial charge in [-0.1, -0.05) is 37.3 Å². The largest absolute Gasteiger partial charge is 0.455 e. The van der Waals surface area contributed by atoms with Gasteiger partial charge in [-0.3, -0.25) is 4.79 Å². The average Bonchev–Trinajstić information content (AvgIpc) is 3.32. The second kappa shape index (κ2) is 8.27. The number of aryl methyl sites for hydroxylation is 1. The van der Waals surface area contributed by atoms with Gasteiger partial charge in [-0.15, -0.1) is 0 Å². The van der Waals surface area contributed by atoms with E-state index in [9.17, 15) is 13.2 Å². The maximum atomic E-state index is 13.0. The van der Waals surface area contributed by atoms with Gasteiger partial charge < -0.3 is 9.32 Å². The van der Waals surface area contributed by atoms with Crippen molar-refractivity contribution in [1.29, 1.82) is 0 Å². The molecule has 0 saturated carbocycles. The van der Waals surface area contributed by atoms with Crippen LogP contribution < -0.4 is 0 Å². The SMILES string of the molecule is CCCN(Cc1ccccc1)C(=O)c1cc(S(=O)(=O)N2CCCC2)c(C)o1. The Hall–Kier alpha value is -2.12. The number of hydrogen-bond donors (Lipinski definition) is 0. The van der Waals surface area contributed by atoms with Gasteiger partial charge in [0.1, 0.15) is 10.7 Å². The summed E-state index contributed by atoms with van der Waals surface area (Å²) >= 11 is 0. The molecule has 6 nitrogen and oxygen atoms in total. The summed E-state index contributed by atoms with van der Waals surface area (Å²) in [7, 11) is -3.61. The summed E-state index contributed by atoms with van der Waals surface area (Å²) in [6.07, 6.45) is 2.53. The molecule has 27 heavy (non-hydrogen) atoms. The second-order valence-corrected chi connectivity index (χ2v) is 8.76. The zero-order chi connectivity index (χ0) is 19.4. The first-order chi connectivity index (χ1) is 12.9. The quantitative estimate of drug-likeness (QED) is 0.726. The zero-order valence-electron chi connectivity index (χ0n) is 15.8. The molecular weight excluding hydrogens is 364 g/mol. The van der Waals surface area contributed by atoms with E-state index in [1.54, 1.807) is 11.8 Å². The fourth-order valence-electron chi connectivity index (χ4n) is 3.38. The van der Waals surface area contributed by atoms with Gasteiger partial charge in [-0.05, 0) is 31.7 Å². The smallest absolute Gasteiger partial charge is 0.289 e. The highest BCUT2D eigenvalue weighted by Crippen LogP contribution is 2.27. The summed E-state index contributed by atoms with van der Waals surface area (Å²) < 4.78 is 32.7. The molecule has 2 heterocycles. The lowest BCUT2D eigenvalue weighted by molar-refractivity contribution is 0.0709. The van der Waals surface area contributed by atoms with E-state index in [-0.39, 0.29) is 22.3 Å². The van der Waals surface area contributed by atoms with Crippen molar-refractivity contribution in [3.8, 4) is 0 Å². The van der Waals surface area contributed by atoms with E-state index in [4.69, 9.17) is 4.42 Å². The first-order valence-electron chi connectivity index (χ1n) is 9.37. The van der Waals surface area contributed by atoms with Gasteiger partial charge in [-0.25, -0.2) is 8.42 Å². The summed E-state index contributed by atoms with van der Waals surface area (Å²) in [6, 6.07) is 11.1. The van der Waals surface area contributed by atoms with Gasteiger partial charge in [0.05, 0.1) is 0 Å². The lowest BCUT2D eigenvalue weighted by atomic mass is 10.2. The Labute approximate surface area is 160 Å². The molecule has 1 aromatic carbocycles. The molecule has 0 bridgehead atoms. The average molecular weight is 391 g/mol. The molecule has 0 aliphatic carbocycles. The van der Waals surface area contributed by atoms with Gasteiger partial charge in [0.2, 0.25) is 10.0 Å². The molecule has 0 N–H and O–H groups in total. The molecule has 146 valence electrons. The molecule has 1 amide bonds. The van der Waals surface area contributed by atoms with Crippen molar-refractivity contribution in [2.45, 2.75) is 44.6 Å². The first-order valence-corrected chi connectivity index (χ1v) is 10.8. The topological polar surface area (TPSA) is 70.8 Å². The molecule has 1 fully saturated rings. The van der Waals surface area contributed by atoms with Crippen molar-refractivity contribution in [2.75, 3.05) is 19.6 Å². The highest BCUT2D eigenvalue weighted by Gasteiger charge is 2.32. The summed E-state index contributed by atoms with van der Waals surface area (Å²) in [5, 5.41) is 0. The minimum atomic E-state index is -3.61. The number of furan rings is 1. The molecule has 0 spiro atoms. The molecule has 0 unspecified atom stereocenters. The summed E-state index contributed by atoms with van der Waals surface area (Å²) in [5.74, 6) is 0.0581. The number of sulfonamides is 1. The Kier molecular flexibility index (Phi) is 6.01. The number of benzene rings is 1. The molecule has 1 aliphatic rings. The zero-order valence-corrected chi connectivity index (χ0v) is 16.7. The van der Waals surface area contributed by atoms with Crippen molar-refractivity contribution >= 4 is 15.9 Å². The van der Waals surface area contributed by atoms with Gasteiger partial charge >= 0.3 is 0 Å². The number of rotatable bonds is 7. The van der Waals surface area contributed by atoms with Crippen molar-refractivity contribution in [3.05, 3.63) is 53.5 Å². The number of nitrogens with zero attached hydrogens (tertiary/aromatic N) is 2. The first kappa shape index (κ1) is 19.6. The third kappa shape index (κ3) is 4.25. The molecule has 0 radical (unpaired) electrons. The Balaban J connectivity index is 1.85. The van der Waals surface area contributed by atoms with E-state index >= 15 is 0 Å². The second-order valence-electron chi connectivity index (χ2n) is 6.85. The van der Waals surface area contributed by atoms with Gasteiger partial charge in [-0.2, -0.15) is 4.31 Å². The lowest BCUT2D eigenvalue weighted by Crippen LogP contribution is -2.31. The van der Waals surface area contributed by atoms with Crippen molar-refractivity contribution < 1.29 is 17.6 Å². The van der Waals surface area contributed by atoms with Crippen LogP contribution in [0.4, 0.5) is 0 Å². The number of hydrogen-bond acceptors (Lipinski definition) is 4. The van der Waals surface area contributed by atoms with Crippen LogP contribution in [0.2, 0.25) is 0 Å². The van der Waals surface area contributed by atoms with Gasteiger partial charge in [0.15, 0.2) is 5.76 Å². The Morgan fingerprint density at radius 2 is 1.85 bits per heavy atom. The minimum absolute atomic E-state index is 0.0784. The maximum absolute atomic E-state index is 13.0. The third-order valence-electron chi connectivity index (χ3n) is 4.76. The van der Waals surface area contributed by atoms with E-state index < -0.39 is 10.0 Å². The van der Waals surface area contributed by atoms with Crippen LogP contribution in [0, 0.1) is 6.92 Å². The molecule has 7 heteroatoms.